The van der Waals surface area contributed by atoms with Gasteiger partial charge in [-0.3, -0.25) is 9.59 Å². The first kappa shape index (κ1) is 19.9. The fourth-order valence-corrected chi connectivity index (χ4v) is 2.16. The van der Waals surface area contributed by atoms with Gasteiger partial charge in [-0.2, -0.15) is 0 Å². The van der Waals surface area contributed by atoms with Crippen molar-refractivity contribution in [2.75, 3.05) is 17.2 Å². The molecule has 0 spiro atoms. The van der Waals surface area contributed by atoms with Gasteiger partial charge in [0.05, 0.1) is 6.61 Å². The van der Waals surface area contributed by atoms with Crippen LogP contribution in [0.1, 0.15) is 31.1 Å². The van der Waals surface area contributed by atoms with Gasteiger partial charge in [0.1, 0.15) is 5.56 Å². The molecule has 142 valence electrons. The zero-order chi connectivity index (χ0) is 19.8. The van der Waals surface area contributed by atoms with Gasteiger partial charge in [0.2, 0.25) is 11.8 Å². The van der Waals surface area contributed by atoms with Crippen LogP contribution in [0.25, 0.3) is 0 Å². The lowest BCUT2D eigenvalue weighted by atomic mass is 10.2. The molecule has 1 atom stereocenters. The highest BCUT2D eigenvalue weighted by molar-refractivity contribution is 5.98. The van der Waals surface area contributed by atoms with Crippen molar-refractivity contribution in [2.45, 2.75) is 26.9 Å². The molecule has 0 radical (unpaired) electrons. The van der Waals surface area contributed by atoms with Crippen molar-refractivity contribution in [1.82, 2.24) is 4.98 Å². The first-order chi connectivity index (χ1) is 12.9. The number of nitrogens with one attached hydrogen (secondary N) is 2. The summed E-state index contributed by atoms with van der Waals surface area (Å²) in [5, 5.41) is 5.27. The normalized spacial score (nSPS) is 11.2. The molecule has 2 amide bonds. The predicted molar refractivity (Wildman–Crippen MR) is 99.7 cm³/mol. The Labute approximate surface area is 156 Å². The van der Waals surface area contributed by atoms with Crippen LogP contribution in [0.3, 0.4) is 0 Å². The minimum absolute atomic E-state index is 0.152. The van der Waals surface area contributed by atoms with Gasteiger partial charge < -0.3 is 20.1 Å². The SMILES string of the molecule is CCOc1ncccc1C(=O)O[C@@H](C)C(=O)Nc1ccc(NC(C)=O)cc1. The number of hydrogen-bond donors (Lipinski definition) is 2. The molecular weight excluding hydrogens is 350 g/mol. The predicted octanol–water partition coefficient (Wildman–Crippen LogP) is 2.62. The zero-order valence-corrected chi connectivity index (χ0v) is 15.3. The van der Waals surface area contributed by atoms with Gasteiger partial charge in [-0.15, -0.1) is 0 Å². The minimum atomic E-state index is -1.03. The number of hydrogen-bond acceptors (Lipinski definition) is 6. The molecular formula is C19H21N3O5. The van der Waals surface area contributed by atoms with Crippen LogP contribution < -0.4 is 15.4 Å². The second-order valence-corrected chi connectivity index (χ2v) is 5.58. The maximum absolute atomic E-state index is 12.3. The fraction of sp³-hybridized carbons (Fsp3) is 0.263. The average molecular weight is 371 g/mol. The summed E-state index contributed by atoms with van der Waals surface area (Å²) in [6.07, 6.45) is 0.477. The lowest BCUT2D eigenvalue weighted by Gasteiger charge is -2.15. The Morgan fingerprint density at radius 2 is 1.70 bits per heavy atom. The molecule has 0 fully saturated rings. The number of rotatable bonds is 7. The summed E-state index contributed by atoms with van der Waals surface area (Å²) in [4.78, 5) is 39.5. The van der Waals surface area contributed by atoms with E-state index < -0.39 is 18.0 Å². The molecule has 1 heterocycles. The van der Waals surface area contributed by atoms with E-state index in [1.807, 2.05) is 0 Å². The van der Waals surface area contributed by atoms with Crippen molar-refractivity contribution in [3.8, 4) is 5.88 Å². The second kappa shape index (κ2) is 9.33. The Morgan fingerprint density at radius 3 is 2.30 bits per heavy atom. The smallest absolute Gasteiger partial charge is 0.344 e. The maximum Gasteiger partial charge on any atom is 0.344 e. The molecule has 8 nitrogen and oxygen atoms in total. The number of carbonyl (C=O) groups excluding carboxylic acids is 3. The molecule has 0 bridgehead atoms. The molecule has 0 aliphatic rings. The summed E-state index contributed by atoms with van der Waals surface area (Å²) in [7, 11) is 0. The van der Waals surface area contributed by atoms with Gasteiger partial charge >= 0.3 is 5.97 Å². The summed E-state index contributed by atoms with van der Waals surface area (Å²) in [6.45, 7) is 5.00. The van der Waals surface area contributed by atoms with Crippen molar-refractivity contribution >= 4 is 29.2 Å². The summed E-state index contributed by atoms with van der Waals surface area (Å²) in [5.41, 5.74) is 1.27. The van der Waals surface area contributed by atoms with Crippen LogP contribution >= 0.6 is 0 Å². The Hall–Kier alpha value is -3.42. The van der Waals surface area contributed by atoms with Gasteiger partial charge in [-0.05, 0) is 50.2 Å². The molecule has 1 aromatic carbocycles. The summed E-state index contributed by atoms with van der Waals surface area (Å²) in [5.74, 6) is -1.21. The minimum Gasteiger partial charge on any atom is -0.477 e. The maximum atomic E-state index is 12.3. The molecule has 2 rings (SSSR count). The topological polar surface area (TPSA) is 107 Å². The van der Waals surface area contributed by atoms with Gasteiger partial charge in [-0.1, -0.05) is 0 Å². The van der Waals surface area contributed by atoms with E-state index >= 15 is 0 Å². The molecule has 0 aliphatic carbocycles. The highest BCUT2D eigenvalue weighted by Crippen LogP contribution is 2.17. The largest absolute Gasteiger partial charge is 0.477 e. The highest BCUT2D eigenvalue weighted by Gasteiger charge is 2.22. The monoisotopic (exact) mass is 371 g/mol. The third-order valence-electron chi connectivity index (χ3n) is 3.40. The molecule has 0 unspecified atom stereocenters. The quantitative estimate of drug-likeness (QED) is 0.725. The van der Waals surface area contributed by atoms with Crippen molar-refractivity contribution in [3.05, 3.63) is 48.2 Å². The van der Waals surface area contributed by atoms with E-state index in [1.165, 1.54) is 26.1 Å². The summed E-state index contributed by atoms with van der Waals surface area (Å²) < 4.78 is 10.5. The summed E-state index contributed by atoms with van der Waals surface area (Å²) in [6, 6.07) is 9.67. The average Bonchev–Trinajstić information content (AvgIpc) is 2.63. The van der Waals surface area contributed by atoms with Gasteiger partial charge in [-0.25, -0.2) is 9.78 Å². The van der Waals surface area contributed by atoms with Crippen molar-refractivity contribution in [1.29, 1.82) is 0 Å². The number of amides is 2. The number of aromatic nitrogens is 1. The van der Waals surface area contributed by atoms with E-state index in [4.69, 9.17) is 9.47 Å². The number of benzene rings is 1. The van der Waals surface area contributed by atoms with Crippen LogP contribution in [-0.4, -0.2) is 35.5 Å². The standard InChI is InChI=1S/C19H21N3O5/c1-4-26-18-16(6-5-11-20-18)19(25)27-12(2)17(24)22-15-9-7-14(8-10-15)21-13(3)23/h5-12H,4H2,1-3H3,(H,21,23)(H,22,24)/t12-/m0/s1. The van der Waals surface area contributed by atoms with E-state index in [0.717, 1.165) is 0 Å². The Bertz CT molecular complexity index is 820. The molecule has 1 aromatic heterocycles. The van der Waals surface area contributed by atoms with Crippen LogP contribution in [0.5, 0.6) is 5.88 Å². The molecule has 0 saturated heterocycles. The Kier molecular flexibility index (Phi) is 6.87. The van der Waals surface area contributed by atoms with Crippen molar-refractivity contribution < 1.29 is 23.9 Å². The lowest BCUT2D eigenvalue weighted by molar-refractivity contribution is -0.123. The lowest BCUT2D eigenvalue weighted by Crippen LogP contribution is -2.30. The van der Waals surface area contributed by atoms with E-state index in [1.54, 1.807) is 37.3 Å². The van der Waals surface area contributed by atoms with Crippen LogP contribution in [0.4, 0.5) is 11.4 Å². The molecule has 2 N–H and O–H groups in total. The molecule has 8 heteroatoms. The van der Waals surface area contributed by atoms with Crippen LogP contribution in [0.2, 0.25) is 0 Å². The third kappa shape index (κ3) is 5.81. The fourth-order valence-electron chi connectivity index (χ4n) is 2.16. The first-order valence-corrected chi connectivity index (χ1v) is 8.38. The van der Waals surface area contributed by atoms with Crippen molar-refractivity contribution in [3.63, 3.8) is 0 Å². The molecule has 0 aliphatic heterocycles. The Morgan fingerprint density at radius 1 is 1.07 bits per heavy atom. The molecule has 27 heavy (non-hydrogen) atoms. The van der Waals surface area contributed by atoms with E-state index in [-0.39, 0.29) is 17.4 Å². The van der Waals surface area contributed by atoms with E-state index in [0.29, 0.717) is 18.0 Å². The number of pyridine rings is 1. The first-order valence-electron chi connectivity index (χ1n) is 8.38. The second-order valence-electron chi connectivity index (χ2n) is 5.58. The van der Waals surface area contributed by atoms with Crippen molar-refractivity contribution in [2.24, 2.45) is 0 Å². The summed E-state index contributed by atoms with van der Waals surface area (Å²) >= 11 is 0. The van der Waals surface area contributed by atoms with Crippen LogP contribution in [0, 0.1) is 0 Å². The molecule has 2 aromatic rings. The third-order valence-corrected chi connectivity index (χ3v) is 3.40. The number of ether oxygens (including phenoxy) is 2. The number of anilines is 2. The molecule has 0 saturated carbocycles. The van der Waals surface area contributed by atoms with Gasteiger partial charge in [0, 0.05) is 24.5 Å². The number of carbonyl (C=O) groups is 3. The van der Waals surface area contributed by atoms with Gasteiger partial charge in [0.25, 0.3) is 5.91 Å². The number of nitrogens with zero attached hydrogens (tertiary/aromatic N) is 1. The van der Waals surface area contributed by atoms with Crippen LogP contribution in [0.15, 0.2) is 42.6 Å². The Balaban J connectivity index is 1.97. The highest BCUT2D eigenvalue weighted by atomic mass is 16.5. The van der Waals surface area contributed by atoms with E-state index in [2.05, 4.69) is 15.6 Å². The van der Waals surface area contributed by atoms with Crippen LogP contribution in [-0.2, 0) is 14.3 Å². The zero-order valence-electron chi connectivity index (χ0n) is 15.3. The van der Waals surface area contributed by atoms with E-state index in [9.17, 15) is 14.4 Å². The number of esters is 1. The van der Waals surface area contributed by atoms with Gasteiger partial charge in [0.15, 0.2) is 6.10 Å².